The second-order valence-corrected chi connectivity index (χ2v) is 1.47. The zero-order valence-electron chi connectivity index (χ0n) is 3.97. The van der Waals surface area contributed by atoms with Crippen LogP contribution in [0.1, 0.15) is 0 Å². The maximum absolute atomic E-state index is 4.60. The summed E-state index contributed by atoms with van der Waals surface area (Å²) in [4.78, 5) is 1.94. The quantitative estimate of drug-likeness (QED) is 0.622. The van der Waals surface area contributed by atoms with Gasteiger partial charge < -0.3 is 17.5 Å². The van der Waals surface area contributed by atoms with E-state index >= 15 is 0 Å². The van der Waals surface area contributed by atoms with Crippen LogP contribution in [0.3, 0.4) is 0 Å². The van der Waals surface area contributed by atoms with Gasteiger partial charge in [0.05, 0.1) is 0 Å². The van der Waals surface area contributed by atoms with Crippen LogP contribution < -0.4 is 0 Å². The largest absolute Gasteiger partial charge is 0.777 e. The second kappa shape index (κ2) is 6.00. The SMILES string of the molecule is CN(C)C[S-].[W]. The third-order valence-electron chi connectivity index (χ3n) is 0.258. The second-order valence-electron chi connectivity index (χ2n) is 1.21. The Morgan fingerprint density at radius 1 is 1.50 bits per heavy atom. The van der Waals surface area contributed by atoms with Crippen molar-refractivity contribution in [3.05, 3.63) is 0 Å². The molecule has 0 N–H and O–H groups in total. The first kappa shape index (κ1) is 10.1. The van der Waals surface area contributed by atoms with Crippen molar-refractivity contribution in [2.75, 3.05) is 20.0 Å². The molecule has 3 heteroatoms. The molecule has 0 fully saturated rings. The van der Waals surface area contributed by atoms with Gasteiger partial charge in [-0.05, 0) is 14.1 Å². The van der Waals surface area contributed by atoms with Crippen LogP contribution in [0.2, 0.25) is 0 Å². The van der Waals surface area contributed by atoms with Gasteiger partial charge in [-0.15, -0.1) is 5.88 Å². The molecule has 0 spiro atoms. The van der Waals surface area contributed by atoms with Gasteiger partial charge in [-0.1, -0.05) is 0 Å². The van der Waals surface area contributed by atoms with E-state index in [1.807, 2.05) is 19.0 Å². The molecule has 0 aliphatic heterocycles. The Morgan fingerprint density at radius 2 is 1.67 bits per heavy atom. The van der Waals surface area contributed by atoms with E-state index < -0.39 is 0 Å². The van der Waals surface area contributed by atoms with Crippen molar-refractivity contribution in [2.45, 2.75) is 0 Å². The summed E-state index contributed by atoms with van der Waals surface area (Å²) < 4.78 is 0. The van der Waals surface area contributed by atoms with Crippen LogP contribution in [-0.2, 0) is 33.7 Å². The van der Waals surface area contributed by atoms with Crippen molar-refractivity contribution >= 4 is 12.6 Å². The average molecular weight is 274 g/mol. The normalized spacial score (nSPS) is 8.00. The molecular weight excluding hydrogens is 266 g/mol. The smallest absolute Gasteiger partial charge is 0 e. The Bertz CT molecular complexity index is 24.8. The molecule has 0 atom stereocenters. The van der Waals surface area contributed by atoms with Crippen molar-refractivity contribution in [1.82, 2.24) is 4.90 Å². The molecule has 0 rings (SSSR count). The van der Waals surface area contributed by atoms with Crippen LogP contribution in [-0.4, -0.2) is 24.9 Å². The van der Waals surface area contributed by atoms with Crippen molar-refractivity contribution in [1.29, 1.82) is 0 Å². The van der Waals surface area contributed by atoms with Crippen LogP contribution in [0.15, 0.2) is 0 Å². The van der Waals surface area contributed by atoms with Crippen LogP contribution >= 0.6 is 0 Å². The molecule has 0 aromatic carbocycles. The summed E-state index contributed by atoms with van der Waals surface area (Å²) in [7, 11) is 3.90. The van der Waals surface area contributed by atoms with Crippen molar-refractivity contribution < 1.29 is 21.1 Å². The molecule has 0 aliphatic carbocycles. The summed E-state index contributed by atoms with van der Waals surface area (Å²) in [6.45, 7) is 0. The summed E-state index contributed by atoms with van der Waals surface area (Å²) in [6.07, 6.45) is 0. The molecule has 1 nitrogen and oxygen atoms in total. The molecule has 0 bridgehead atoms. The fraction of sp³-hybridized carbons (Fsp3) is 1.00. The predicted molar refractivity (Wildman–Crippen MR) is 25.9 cm³/mol. The summed E-state index contributed by atoms with van der Waals surface area (Å²) >= 11 is 4.60. The molecule has 0 aromatic heterocycles. The molecule has 6 heavy (non-hydrogen) atoms. The Balaban J connectivity index is 0. The van der Waals surface area contributed by atoms with E-state index in [0.29, 0.717) is 0 Å². The van der Waals surface area contributed by atoms with E-state index in [-0.39, 0.29) is 21.1 Å². The fourth-order valence-corrected chi connectivity index (χ4v) is 0. The van der Waals surface area contributed by atoms with E-state index in [1.165, 1.54) is 0 Å². The maximum Gasteiger partial charge on any atom is 0 e. The Morgan fingerprint density at radius 3 is 1.67 bits per heavy atom. The minimum atomic E-state index is 0. The van der Waals surface area contributed by atoms with Gasteiger partial charge in [0, 0.05) is 21.1 Å². The van der Waals surface area contributed by atoms with Gasteiger partial charge in [-0.3, -0.25) is 0 Å². The van der Waals surface area contributed by atoms with Crippen LogP contribution in [0.4, 0.5) is 0 Å². The summed E-state index contributed by atoms with van der Waals surface area (Å²) in [5.41, 5.74) is 0. The monoisotopic (exact) mass is 274 g/mol. The minimum absolute atomic E-state index is 0. The average Bonchev–Trinajstić information content (AvgIpc) is 1.38. The van der Waals surface area contributed by atoms with Crippen molar-refractivity contribution in [3.8, 4) is 0 Å². The molecule has 0 amide bonds. The first-order valence-corrected chi connectivity index (χ1v) is 2.08. The number of rotatable bonds is 1. The van der Waals surface area contributed by atoms with Crippen LogP contribution in [0, 0.1) is 0 Å². The van der Waals surface area contributed by atoms with E-state index in [2.05, 4.69) is 12.6 Å². The summed E-state index contributed by atoms with van der Waals surface area (Å²) in [6, 6.07) is 0. The fourth-order valence-electron chi connectivity index (χ4n) is 0. The van der Waals surface area contributed by atoms with E-state index in [1.54, 1.807) is 0 Å². The molecular formula is C3H8NSW-. The van der Waals surface area contributed by atoms with Gasteiger partial charge in [-0.2, -0.15) is 0 Å². The summed E-state index contributed by atoms with van der Waals surface area (Å²) in [5.74, 6) is 0.722. The Hall–Kier alpha value is 0.998. The minimum Gasteiger partial charge on any atom is -0.777 e. The third-order valence-corrected chi connectivity index (χ3v) is 0.775. The van der Waals surface area contributed by atoms with Gasteiger partial charge in [0.15, 0.2) is 0 Å². The molecule has 0 aliphatic rings. The van der Waals surface area contributed by atoms with Crippen LogP contribution in [0.5, 0.6) is 0 Å². The maximum atomic E-state index is 4.60. The van der Waals surface area contributed by atoms with Crippen LogP contribution in [0.25, 0.3) is 0 Å². The molecule has 0 unspecified atom stereocenters. The topological polar surface area (TPSA) is 3.24 Å². The van der Waals surface area contributed by atoms with Gasteiger partial charge >= 0.3 is 0 Å². The first-order chi connectivity index (χ1) is 2.27. The summed E-state index contributed by atoms with van der Waals surface area (Å²) in [5, 5.41) is 0. The zero-order chi connectivity index (χ0) is 4.28. The standard InChI is InChI=1S/C3H9NS.W/c1-4(2)3-5;/h5H,3H2,1-2H3;/p-1. The van der Waals surface area contributed by atoms with Crippen molar-refractivity contribution in [2.24, 2.45) is 0 Å². The molecule has 0 saturated carbocycles. The number of nitrogens with zero attached hydrogens (tertiary/aromatic N) is 1. The third kappa shape index (κ3) is 8.89. The number of hydrogen-bond donors (Lipinski definition) is 0. The first-order valence-electron chi connectivity index (χ1n) is 1.50. The zero-order valence-corrected chi connectivity index (χ0v) is 7.72. The van der Waals surface area contributed by atoms with Crippen molar-refractivity contribution in [3.63, 3.8) is 0 Å². The van der Waals surface area contributed by atoms with E-state index in [0.717, 1.165) is 5.88 Å². The molecule has 38 valence electrons. The van der Waals surface area contributed by atoms with Gasteiger partial charge in [0.25, 0.3) is 0 Å². The number of hydrogen-bond acceptors (Lipinski definition) is 2. The Kier molecular flexibility index (Phi) is 10.1. The molecule has 0 aromatic rings. The van der Waals surface area contributed by atoms with Gasteiger partial charge in [0.1, 0.15) is 0 Å². The van der Waals surface area contributed by atoms with E-state index in [4.69, 9.17) is 0 Å². The molecule has 0 saturated heterocycles. The predicted octanol–water partition coefficient (Wildman–Crippen LogP) is 0.0499. The molecule has 0 heterocycles. The van der Waals surface area contributed by atoms with Gasteiger partial charge in [-0.25, -0.2) is 0 Å². The van der Waals surface area contributed by atoms with Gasteiger partial charge in [0.2, 0.25) is 0 Å². The van der Waals surface area contributed by atoms with E-state index in [9.17, 15) is 0 Å². The molecule has 0 radical (unpaired) electrons. The Labute approximate surface area is 58.8 Å².